The zero-order chi connectivity index (χ0) is 34.5. The van der Waals surface area contributed by atoms with Gasteiger partial charge in [-0.25, -0.2) is 24.5 Å². The maximum Gasteiger partial charge on any atom is 0.420 e. The van der Waals surface area contributed by atoms with E-state index in [-0.39, 0.29) is 16.7 Å². The maximum atomic E-state index is 13.4. The van der Waals surface area contributed by atoms with Crippen molar-refractivity contribution in [2.24, 2.45) is 0 Å². The highest BCUT2D eigenvalue weighted by molar-refractivity contribution is 6.74. The molecule has 0 unspecified atom stereocenters. The number of rotatable bonds is 9. The van der Waals surface area contributed by atoms with Crippen LogP contribution in [0.1, 0.15) is 68.7 Å². The van der Waals surface area contributed by atoms with Crippen LogP contribution < -0.4 is 9.80 Å². The van der Waals surface area contributed by atoms with Gasteiger partial charge in [-0.05, 0) is 84.3 Å². The summed E-state index contributed by atoms with van der Waals surface area (Å²) in [5.74, 6) is 0.470. The molecule has 3 aromatic rings. The van der Waals surface area contributed by atoms with Crippen LogP contribution in [0.15, 0.2) is 49.1 Å². The minimum Gasteiger partial charge on any atom is -0.443 e. The van der Waals surface area contributed by atoms with E-state index in [0.29, 0.717) is 41.7 Å². The van der Waals surface area contributed by atoms with E-state index in [1.807, 2.05) is 20.8 Å². The second kappa shape index (κ2) is 14.4. The largest absolute Gasteiger partial charge is 0.443 e. The smallest absolute Gasteiger partial charge is 0.420 e. The second-order valence-electron chi connectivity index (χ2n) is 14.4. The molecule has 46 heavy (non-hydrogen) atoms. The molecule has 2 heterocycles. The number of hydrogen-bond acceptors (Lipinski definition) is 9. The second-order valence-corrected chi connectivity index (χ2v) is 19.7. The van der Waals surface area contributed by atoms with Gasteiger partial charge >= 0.3 is 12.2 Å². The number of nitrogens with zero attached hydrogens (tertiary/aromatic N) is 6. The molecule has 0 spiro atoms. The number of carbonyl (C=O) groups is 2. The van der Waals surface area contributed by atoms with E-state index in [2.05, 4.69) is 43.8 Å². The number of amides is 2. The van der Waals surface area contributed by atoms with Gasteiger partial charge in [0.25, 0.3) is 0 Å². The number of ether oxygens (including phenoxy) is 2. The van der Waals surface area contributed by atoms with Crippen molar-refractivity contribution >= 4 is 49.4 Å². The molecule has 0 aliphatic carbocycles. The molecule has 2 aromatic heterocycles. The lowest BCUT2D eigenvalue weighted by atomic mass is 10.2. The normalized spacial score (nSPS) is 12.4. The van der Waals surface area contributed by atoms with E-state index in [0.717, 1.165) is 0 Å². The van der Waals surface area contributed by atoms with E-state index < -0.39 is 31.7 Å². The van der Waals surface area contributed by atoms with Crippen molar-refractivity contribution in [3.05, 3.63) is 54.1 Å². The highest BCUT2D eigenvalue weighted by Crippen LogP contribution is 2.36. The summed E-state index contributed by atoms with van der Waals surface area (Å²) in [4.78, 5) is 47.6. The summed E-state index contributed by atoms with van der Waals surface area (Å²) in [5, 5.41) is 0.504. The first-order chi connectivity index (χ1) is 21.2. The van der Waals surface area contributed by atoms with Crippen molar-refractivity contribution < 1.29 is 23.5 Å². The third-order valence-corrected chi connectivity index (χ3v) is 11.8. The fourth-order valence-electron chi connectivity index (χ4n) is 3.83. The Morgan fingerprint density at radius 2 is 1.35 bits per heavy atom. The first-order valence-electron chi connectivity index (χ1n) is 15.2. The molecular formula is C33H47ClN6O5Si. The zero-order valence-corrected chi connectivity index (χ0v) is 30.6. The molecule has 0 fully saturated rings. The number of aromatic nitrogens is 4. The topological polar surface area (TPSA) is 120 Å². The van der Waals surface area contributed by atoms with Gasteiger partial charge in [-0.15, -0.1) is 0 Å². The Morgan fingerprint density at radius 1 is 0.804 bits per heavy atom. The first kappa shape index (κ1) is 36.9. The van der Waals surface area contributed by atoms with Crippen molar-refractivity contribution in [2.45, 2.75) is 98.1 Å². The third-order valence-electron chi connectivity index (χ3n) is 7.06. The summed E-state index contributed by atoms with van der Waals surface area (Å²) in [7, 11) is -1.96. The lowest BCUT2D eigenvalue weighted by molar-refractivity contribution is 0.0572. The molecule has 0 atom stereocenters. The Hall–Kier alpha value is -3.61. The van der Waals surface area contributed by atoms with Crippen LogP contribution in [0.3, 0.4) is 0 Å². The van der Waals surface area contributed by atoms with Crippen LogP contribution in [-0.4, -0.2) is 64.8 Å². The lowest BCUT2D eigenvalue weighted by Crippen LogP contribution is -2.42. The van der Waals surface area contributed by atoms with Gasteiger partial charge in [-0.3, -0.25) is 14.9 Å². The minimum atomic E-state index is -1.96. The molecular weight excluding hydrogens is 624 g/mol. The molecule has 0 saturated carbocycles. The average Bonchev–Trinajstić information content (AvgIpc) is 2.91. The van der Waals surface area contributed by atoms with Crippen LogP contribution in [0.4, 0.5) is 26.9 Å². The Morgan fingerprint density at radius 3 is 1.89 bits per heavy atom. The van der Waals surface area contributed by atoms with Gasteiger partial charge < -0.3 is 13.9 Å². The average molecular weight is 671 g/mol. The summed E-state index contributed by atoms with van der Waals surface area (Å²) in [6.07, 6.45) is 5.33. The van der Waals surface area contributed by atoms with E-state index in [1.165, 1.54) is 34.6 Å². The first-order valence-corrected chi connectivity index (χ1v) is 18.5. The fourth-order valence-corrected chi connectivity index (χ4v) is 5.11. The third kappa shape index (κ3) is 10.5. The molecule has 1 aromatic carbocycles. The maximum absolute atomic E-state index is 13.4. The van der Waals surface area contributed by atoms with E-state index in [4.69, 9.17) is 35.5 Å². The van der Waals surface area contributed by atoms with Crippen LogP contribution in [0.5, 0.6) is 0 Å². The van der Waals surface area contributed by atoms with Gasteiger partial charge in [0.05, 0.1) is 30.5 Å². The lowest BCUT2D eigenvalue weighted by Gasteiger charge is -2.36. The number of halogens is 1. The summed E-state index contributed by atoms with van der Waals surface area (Å²) < 4.78 is 17.7. The monoisotopic (exact) mass is 670 g/mol. The molecule has 0 aliphatic heterocycles. The molecule has 0 saturated heterocycles. The quantitative estimate of drug-likeness (QED) is 0.162. The van der Waals surface area contributed by atoms with Crippen LogP contribution in [0, 0.1) is 0 Å². The molecule has 13 heteroatoms. The van der Waals surface area contributed by atoms with Gasteiger partial charge in [0, 0.05) is 18.2 Å². The van der Waals surface area contributed by atoms with Crippen LogP contribution in [0.25, 0.3) is 11.4 Å². The Bertz CT molecular complexity index is 1520. The van der Waals surface area contributed by atoms with Crippen molar-refractivity contribution in [3.8, 4) is 11.4 Å². The molecule has 3 rings (SSSR count). The summed E-state index contributed by atoms with van der Waals surface area (Å²) >= 11 is 6.26. The van der Waals surface area contributed by atoms with Gasteiger partial charge in [0.1, 0.15) is 22.6 Å². The number of benzene rings is 1. The number of carbonyl (C=O) groups excluding carboxylic acids is 2. The van der Waals surface area contributed by atoms with Crippen LogP contribution in [0.2, 0.25) is 23.2 Å². The summed E-state index contributed by atoms with van der Waals surface area (Å²) in [6.45, 7) is 22.5. The Balaban J connectivity index is 1.97. The van der Waals surface area contributed by atoms with Crippen LogP contribution in [-0.2, 0) is 13.9 Å². The van der Waals surface area contributed by atoms with Gasteiger partial charge in [0.15, 0.2) is 20.0 Å². The van der Waals surface area contributed by atoms with E-state index in [9.17, 15) is 9.59 Å². The SMILES string of the molecule is CC(C)(C)OC(=O)N(CCCO[Si](C)(C)C(C)(C)C)c1cncc(-c2cncc(N(C(=O)OC(C)(C)C)c3cccc(Cl)c3)n2)n1. The number of anilines is 3. The Kier molecular flexibility index (Phi) is 11.6. The van der Waals surface area contributed by atoms with Gasteiger partial charge in [-0.2, -0.15) is 0 Å². The van der Waals surface area contributed by atoms with Crippen molar-refractivity contribution in [2.75, 3.05) is 23.0 Å². The highest BCUT2D eigenvalue weighted by atomic mass is 35.5. The predicted octanol–water partition coefficient (Wildman–Crippen LogP) is 8.81. The predicted molar refractivity (Wildman–Crippen MR) is 184 cm³/mol. The standard InChI is InChI=1S/C33H47ClN6O5Si/c1-31(2,3)44-29(41)39(16-13-17-43-46(10,11)33(7,8)9)27-21-35-19-25(37-27)26-20-36-22-28(38-26)40(30(42)45-32(4,5)6)24-15-12-14-23(34)18-24/h12,14-15,18-22H,13,16-17H2,1-11H3. The number of hydrogen-bond donors (Lipinski definition) is 0. The molecule has 0 N–H and O–H groups in total. The minimum absolute atomic E-state index is 0.0685. The van der Waals surface area contributed by atoms with Crippen molar-refractivity contribution in [3.63, 3.8) is 0 Å². The molecule has 11 nitrogen and oxygen atoms in total. The molecule has 0 radical (unpaired) electrons. The Labute approximate surface area is 278 Å². The highest BCUT2D eigenvalue weighted by Gasteiger charge is 2.37. The van der Waals surface area contributed by atoms with Crippen LogP contribution >= 0.6 is 11.6 Å². The van der Waals surface area contributed by atoms with E-state index in [1.54, 1.807) is 45.0 Å². The molecule has 0 bridgehead atoms. The van der Waals surface area contributed by atoms with Crippen molar-refractivity contribution in [1.29, 1.82) is 0 Å². The molecule has 250 valence electrons. The molecule has 0 aliphatic rings. The summed E-state index contributed by atoms with van der Waals surface area (Å²) in [6, 6.07) is 6.78. The summed E-state index contributed by atoms with van der Waals surface area (Å²) in [5.41, 5.74) is -0.367. The van der Waals surface area contributed by atoms with Gasteiger partial charge in [0.2, 0.25) is 0 Å². The van der Waals surface area contributed by atoms with Crippen molar-refractivity contribution in [1.82, 2.24) is 19.9 Å². The van der Waals surface area contributed by atoms with E-state index >= 15 is 0 Å². The fraction of sp³-hybridized carbons (Fsp3) is 0.515. The zero-order valence-electron chi connectivity index (χ0n) is 28.8. The van der Waals surface area contributed by atoms with Gasteiger partial charge in [-0.1, -0.05) is 38.4 Å². The molecule has 2 amide bonds.